The summed E-state index contributed by atoms with van der Waals surface area (Å²) in [5.41, 5.74) is 2.02. The van der Waals surface area contributed by atoms with Gasteiger partial charge in [0, 0.05) is 51.4 Å². The first-order valence-electron chi connectivity index (χ1n) is 11.4. The van der Waals surface area contributed by atoms with Crippen LogP contribution in [-0.4, -0.2) is 87.3 Å². The van der Waals surface area contributed by atoms with Crippen molar-refractivity contribution in [2.45, 2.75) is 39.3 Å². The summed E-state index contributed by atoms with van der Waals surface area (Å²) in [6, 6.07) is 2.33. The SMILES string of the molecule is CC(C)(C)OC(=O)N1CCN(c2nc(N3CCS(=O)(=O)CC3)c(C#N)c3c2CCNC3)CC1. The summed E-state index contributed by atoms with van der Waals surface area (Å²) < 4.78 is 29.4. The number of rotatable bonds is 2. The summed E-state index contributed by atoms with van der Waals surface area (Å²) >= 11 is 0. The van der Waals surface area contributed by atoms with E-state index in [-0.39, 0.29) is 17.6 Å². The molecule has 3 aliphatic heterocycles. The monoisotopic (exact) mass is 476 g/mol. The Hall–Kier alpha value is -2.58. The predicted molar refractivity (Wildman–Crippen MR) is 125 cm³/mol. The first kappa shape index (κ1) is 23.6. The maximum absolute atomic E-state index is 12.5. The molecule has 1 N–H and O–H groups in total. The number of piperazine rings is 1. The summed E-state index contributed by atoms with van der Waals surface area (Å²) in [6.07, 6.45) is 0.462. The molecule has 180 valence electrons. The molecule has 4 heterocycles. The van der Waals surface area contributed by atoms with E-state index in [1.165, 1.54) is 0 Å². The van der Waals surface area contributed by atoms with E-state index in [9.17, 15) is 18.5 Å². The first-order chi connectivity index (χ1) is 15.6. The largest absolute Gasteiger partial charge is 0.444 e. The number of ether oxygens (including phenoxy) is 1. The molecule has 2 fully saturated rings. The van der Waals surface area contributed by atoms with Gasteiger partial charge in [0.15, 0.2) is 9.84 Å². The van der Waals surface area contributed by atoms with Gasteiger partial charge in [-0.05, 0) is 39.3 Å². The Labute approximate surface area is 195 Å². The topological polar surface area (TPSA) is 119 Å². The lowest BCUT2D eigenvalue weighted by molar-refractivity contribution is 0.0240. The van der Waals surface area contributed by atoms with Crippen molar-refractivity contribution >= 4 is 27.6 Å². The third-order valence-electron chi connectivity index (χ3n) is 6.21. The van der Waals surface area contributed by atoms with Crippen LogP contribution in [0.25, 0.3) is 0 Å². The zero-order valence-corrected chi connectivity index (χ0v) is 20.4. The smallest absolute Gasteiger partial charge is 0.410 e. The Balaban J connectivity index is 1.61. The van der Waals surface area contributed by atoms with Gasteiger partial charge in [-0.3, -0.25) is 0 Å². The molecule has 0 saturated carbocycles. The predicted octanol–water partition coefficient (Wildman–Crippen LogP) is 0.891. The summed E-state index contributed by atoms with van der Waals surface area (Å²) in [5.74, 6) is 1.55. The minimum Gasteiger partial charge on any atom is -0.444 e. The highest BCUT2D eigenvalue weighted by Crippen LogP contribution is 2.34. The minimum atomic E-state index is -3.04. The van der Waals surface area contributed by atoms with Crippen molar-refractivity contribution in [1.82, 2.24) is 15.2 Å². The summed E-state index contributed by atoms with van der Waals surface area (Å²) in [5, 5.41) is 13.3. The molecule has 3 aliphatic rings. The minimum absolute atomic E-state index is 0.0682. The van der Waals surface area contributed by atoms with Crippen LogP contribution >= 0.6 is 0 Å². The van der Waals surface area contributed by atoms with Crippen LogP contribution < -0.4 is 15.1 Å². The van der Waals surface area contributed by atoms with E-state index >= 15 is 0 Å². The number of sulfone groups is 1. The molecule has 11 heteroatoms. The highest BCUT2D eigenvalue weighted by Gasteiger charge is 2.32. The standard InChI is InChI=1S/C22H32N6O4S/c1-22(2,3)32-21(29)28-8-6-26(7-9-28)19-16-4-5-24-15-18(16)17(14-23)20(25-19)27-10-12-33(30,31)13-11-27/h24H,4-13,15H2,1-3H3. The molecule has 1 aromatic heterocycles. The van der Waals surface area contributed by atoms with Crippen molar-refractivity contribution in [3.63, 3.8) is 0 Å². The van der Waals surface area contributed by atoms with Gasteiger partial charge in [0.25, 0.3) is 0 Å². The maximum atomic E-state index is 12.5. The highest BCUT2D eigenvalue weighted by molar-refractivity contribution is 7.91. The molecule has 0 unspecified atom stereocenters. The van der Waals surface area contributed by atoms with Crippen LogP contribution in [0.5, 0.6) is 0 Å². The second-order valence-corrected chi connectivity index (χ2v) is 12.0. The van der Waals surface area contributed by atoms with Crippen molar-refractivity contribution in [3.05, 3.63) is 16.7 Å². The Bertz CT molecular complexity index is 1050. The maximum Gasteiger partial charge on any atom is 0.410 e. The number of hydrogen-bond donors (Lipinski definition) is 1. The van der Waals surface area contributed by atoms with E-state index in [4.69, 9.17) is 9.72 Å². The summed E-state index contributed by atoms with van der Waals surface area (Å²) in [7, 11) is -3.04. The molecular weight excluding hydrogens is 444 g/mol. The normalized spacial score (nSPS) is 20.7. The fraction of sp³-hybridized carbons (Fsp3) is 0.682. The number of amides is 1. The number of carbonyl (C=O) groups excluding carboxylic acids is 1. The molecule has 1 aromatic rings. The fourth-order valence-corrected chi connectivity index (χ4v) is 5.69. The van der Waals surface area contributed by atoms with Gasteiger partial charge in [0.05, 0.1) is 17.1 Å². The number of nitrogens with one attached hydrogen (secondary N) is 1. The lowest BCUT2D eigenvalue weighted by Gasteiger charge is -2.38. The summed E-state index contributed by atoms with van der Waals surface area (Å²) in [4.78, 5) is 23.2. The molecule has 2 saturated heterocycles. The van der Waals surface area contributed by atoms with Crippen LogP contribution in [-0.2, 0) is 27.5 Å². The van der Waals surface area contributed by atoms with E-state index in [0.717, 1.165) is 29.9 Å². The van der Waals surface area contributed by atoms with E-state index < -0.39 is 15.4 Å². The van der Waals surface area contributed by atoms with Crippen LogP contribution in [0, 0.1) is 11.3 Å². The zero-order valence-electron chi connectivity index (χ0n) is 19.6. The second kappa shape index (κ2) is 8.99. The van der Waals surface area contributed by atoms with Gasteiger partial charge in [-0.2, -0.15) is 5.26 Å². The Morgan fingerprint density at radius 3 is 2.27 bits per heavy atom. The van der Waals surface area contributed by atoms with Gasteiger partial charge < -0.3 is 24.8 Å². The summed E-state index contributed by atoms with van der Waals surface area (Å²) in [6.45, 7) is 9.93. The third kappa shape index (κ3) is 5.17. The number of aromatic nitrogens is 1. The lowest BCUT2D eigenvalue weighted by atomic mass is 9.96. The number of nitrogens with zero attached hydrogens (tertiary/aromatic N) is 5. The molecule has 0 spiro atoms. The Morgan fingerprint density at radius 2 is 1.67 bits per heavy atom. The number of anilines is 2. The van der Waals surface area contributed by atoms with Crippen molar-refractivity contribution in [2.24, 2.45) is 0 Å². The molecule has 4 rings (SSSR count). The molecule has 1 amide bonds. The molecular formula is C22H32N6O4S. The van der Waals surface area contributed by atoms with E-state index in [2.05, 4.69) is 16.3 Å². The van der Waals surface area contributed by atoms with Crippen molar-refractivity contribution < 1.29 is 17.9 Å². The molecule has 33 heavy (non-hydrogen) atoms. The number of hydrogen-bond acceptors (Lipinski definition) is 9. The van der Waals surface area contributed by atoms with Crippen LogP contribution in [0.1, 0.15) is 37.5 Å². The molecule has 0 radical (unpaired) electrons. The second-order valence-electron chi connectivity index (χ2n) is 9.72. The third-order valence-corrected chi connectivity index (χ3v) is 7.82. The van der Waals surface area contributed by atoms with E-state index in [1.807, 2.05) is 25.7 Å². The van der Waals surface area contributed by atoms with Gasteiger partial charge >= 0.3 is 6.09 Å². The van der Waals surface area contributed by atoms with Crippen LogP contribution in [0.4, 0.5) is 16.4 Å². The average Bonchev–Trinajstić information content (AvgIpc) is 2.77. The number of fused-ring (bicyclic) bond motifs is 1. The Morgan fingerprint density at radius 1 is 1.03 bits per heavy atom. The van der Waals surface area contributed by atoms with Crippen molar-refractivity contribution in [1.29, 1.82) is 5.26 Å². The van der Waals surface area contributed by atoms with Gasteiger partial charge in [-0.25, -0.2) is 18.2 Å². The number of pyridine rings is 1. The molecule has 0 atom stereocenters. The van der Waals surface area contributed by atoms with Crippen molar-refractivity contribution in [2.75, 3.05) is 67.1 Å². The molecule has 0 aromatic carbocycles. The highest BCUT2D eigenvalue weighted by atomic mass is 32.2. The van der Waals surface area contributed by atoms with Crippen LogP contribution in [0.2, 0.25) is 0 Å². The molecule has 10 nitrogen and oxygen atoms in total. The van der Waals surface area contributed by atoms with E-state index in [1.54, 1.807) is 4.90 Å². The van der Waals surface area contributed by atoms with Gasteiger partial charge in [-0.15, -0.1) is 0 Å². The average molecular weight is 477 g/mol. The van der Waals surface area contributed by atoms with Crippen LogP contribution in [0.3, 0.4) is 0 Å². The lowest BCUT2D eigenvalue weighted by Crippen LogP contribution is -2.51. The number of carbonyl (C=O) groups is 1. The number of nitriles is 1. The quantitative estimate of drug-likeness (QED) is 0.664. The van der Waals surface area contributed by atoms with Crippen molar-refractivity contribution in [3.8, 4) is 6.07 Å². The molecule has 0 bridgehead atoms. The van der Waals surface area contributed by atoms with Crippen LogP contribution in [0.15, 0.2) is 0 Å². The van der Waals surface area contributed by atoms with Gasteiger partial charge in [-0.1, -0.05) is 0 Å². The first-order valence-corrected chi connectivity index (χ1v) is 13.2. The Kier molecular flexibility index (Phi) is 6.42. The fourth-order valence-electron chi connectivity index (χ4n) is 4.49. The van der Waals surface area contributed by atoms with Gasteiger partial charge in [0.1, 0.15) is 23.3 Å². The van der Waals surface area contributed by atoms with Gasteiger partial charge in [0.2, 0.25) is 0 Å². The zero-order chi connectivity index (χ0) is 23.8. The molecule has 0 aliphatic carbocycles. The van der Waals surface area contributed by atoms with E-state index in [0.29, 0.717) is 57.2 Å².